The summed E-state index contributed by atoms with van der Waals surface area (Å²) >= 11 is 0. The van der Waals surface area contributed by atoms with Crippen molar-refractivity contribution in [3.8, 4) is 0 Å². The van der Waals surface area contributed by atoms with Crippen LogP contribution >= 0.6 is 0 Å². The fourth-order valence-electron chi connectivity index (χ4n) is 2.62. The molecule has 128 valence electrons. The molecule has 0 aliphatic carbocycles. The summed E-state index contributed by atoms with van der Waals surface area (Å²) in [6.45, 7) is 0.195. The van der Waals surface area contributed by atoms with Crippen LogP contribution in [0.4, 0.5) is 10.5 Å². The number of para-hydroxylation sites is 1. The summed E-state index contributed by atoms with van der Waals surface area (Å²) in [5.74, 6) is -0.754. The van der Waals surface area contributed by atoms with Crippen molar-refractivity contribution in [1.29, 1.82) is 0 Å². The number of ether oxygens (including phenoxy) is 1. The van der Waals surface area contributed by atoms with E-state index in [0.29, 0.717) is 5.69 Å². The van der Waals surface area contributed by atoms with Gasteiger partial charge >= 0.3 is 12.0 Å². The first-order valence-corrected chi connectivity index (χ1v) is 8.04. The fraction of sp³-hybridized carbons (Fsp3) is 0.211. The molecule has 0 aromatic heterocycles. The first kappa shape index (κ1) is 16.7. The molecule has 2 aromatic rings. The van der Waals surface area contributed by atoms with Gasteiger partial charge in [0.2, 0.25) is 0 Å². The molecule has 0 bridgehead atoms. The van der Waals surface area contributed by atoms with Crippen molar-refractivity contribution in [3.05, 3.63) is 66.2 Å². The first-order chi connectivity index (χ1) is 12.1. The second-order valence-corrected chi connectivity index (χ2v) is 5.70. The number of amides is 3. The number of esters is 1. The molecular formula is C19H18N2O4. The maximum Gasteiger partial charge on any atom is 0.329 e. The number of hydrogen-bond donors (Lipinski definition) is 1. The Kier molecular flexibility index (Phi) is 5.09. The van der Waals surface area contributed by atoms with Crippen LogP contribution in [0, 0.1) is 0 Å². The standard InChI is InChI=1S/C19H18N2O4/c22-17(25-13-14-7-3-1-4-8-14)12-11-16-18(23)21(19(24)20-16)15-9-5-2-6-10-15/h1-10,16H,11-13H2,(H,20,24). The highest BCUT2D eigenvalue weighted by Crippen LogP contribution is 2.20. The predicted molar refractivity (Wildman–Crippen MR) is 91.7 cm³/mol. The van der Waals surface area contributed by atoms with Gasteiger partial charge in [0.25, 0.3) is 5.91 Å². The molecule has 1 fully saturated rings. The summed E-state index contributed by atoms with van der Waals surface area (Å²) in [5.41, 5.74) is 1.41. The Labute approximate surface area is 145 Å². The van der Waals surface area contributed by atoms with Crippen molar-refractivity contribution < 1.29 is 19.1 Å². The lowest BCUT2D eigenvalue weighted by Gasteiger charge is -2.12. The van der Waals surface area contributed by atoms with Gasteiger partial charge in [-0.15, -0.1) is 0 Å². The van der Waals surface area contributed by atoms with Gasteiger partial charge in [-0.25, -0.2) is 9.69 Å². The van der Waals surface area contributed by atoms with Crippen LogP contribution < -0.4 is 10.2 Å². The number of imide groups is 1. The van der Waals surface area contributed by atoms with Crippen molar-refractivity contribution in [1.82, 2.24) is 5.32 Å². The van der Waals surface area contributed by atoms with Crippen molar-refractivity contribution in [3.63, 3.8) is 0 Å². The van der Waals surface area contributed by atoms with E-state index in [2.05, 4.69) is 5.32 Å². The number of carbonyl (C=O) groups is 3. The van der Waals surface area contributed by atoms with E-state index in [1.54, 1.807) is 24.3 Å². The Bertz CT molecular complexity index is 762. The van der Waals surface area contributed by atoms with E-state index in [9.17, 15) is 14.4 Å². The minimum Gasteiger partial charge on any atom is -0.461 e. The smallest absolute Gasteiger partial charge is 0.329 e. The molecule has 0 saturated carbocycles. The lowest BCUT2D eigenvalue weighted by molar-refractivity contribution is -0.145. The van der Waals surface area contributed by atoms with Gasteiger partial charge in [-0.2, -0.15) is 0 Å². The molecule has 1 atom stereocenters. The van der Waals surface area contributed by atoms with Gasteiger partial charge in [0, 0.05) is 6.42 Å². The number of rotatable bonds is 6. The Morgan fingerprint density at radius 3 is 2.32 bits per heavy atom. The molecule has 6 nitrogen and oxygen atoms in total. The molecule has 0 radical (unpaired) electrons. The Balaban J connectivity index is 1.51. The largest absolute Gasteiger partial charge is 0.461 e. The Morgan fingerprint density at radius 2 is 1.64 bits per heavy atom. The molecule has 3 amide bonds. The zero-order valence-electron chi connectivity index (χ0n) is 13.6. The van der Waals surface area contributed by atoms with Crippen LogP contribution in [0.25, 0.3) is 0 Å². The van der Waals surface area contributed by atoms with Crippen LogP contribution in [0.2, 0.25) is 0 Å². The number of hydrogen-bond acceptors (Lipinski definition) is 4. The van der Waals surface area contributed by atoms with Gasteiger partial charge in [-0.3, -0.25) is 9.59 Å². The van der Waals surface area contributed by atoms with E-state index in [-0.39, 0.29) is 25.4 Å². The maximum atomic E-state index is 12.4. The van der Waals surface area contributed by atoms with E-state index < -0.39 is 18.0 Å². The summed E-state index contributed by atoms with van der Waals surface area (Å²) in [4.78, 5) is 37.4. The van der Waals surface area contributed by atoms with Gasteiger partial charge in [0.15, 0.2) is 0 Å². The lowest BCUT2D eigenvalue weighted by atomic mass is 10.1. The van der Waals surface area contributed by atoms with E-state index in [0.717, 1.165) is 10.5 Å². The second-order valence-electron chi connectivity index (χ2n) is 5.70. The van der Waals surface area contributed by atoms with E-state index in [1.807, 2.05) is 36.4 Å². The molecule has 1 unspecified atom stereocenters. The minimum atomic E-state index is -0.711. The number of nitrogens with one attached hydrogen (secondary N) is 1. The number of nitrogens with zero attached hydrogens (tertiary/aromatic N) is 1. The van der Waals surface area contributed by atoms with E-state index in [1.165, 1.54) is 0 Å². The van der Waals surface area contributed by atoms with Crippen LogP contribution in [-0.2, 0) is 20.9 Å². The normalized spacial score (nSPS) is 16.6. The van der Waals surface area contributed by atoms with Crippen LogP contribution in [-0.4, -0.2) is 23.9 Å². The molecule has 2 aromatic carbocycles. The van der Waals surface area contributed by atoms with Crippen LogP contribution in [0.5, 0.6) is 0 Å². The SMILES string of the molecule is O=C(CCC1NC(=O)N(c2ccccc2)C1=O)OCc1ccccc1. The monoisotopic (exact) mass is 338 g/mol. The molecule has 1 heterocycles. The summed E-state index contributed by atoms with van der Waals surface area (Å²) in [5, 5.41) is 2.61. The molecule has 25 heavy (non-hydrogen) atoms. The third-order valence-electron chi connectivity index (χ3n) is 3.91. The third-order valence-corrected chi connectivity index (χ3v) is 3.91. The van der Waals surface area contributed by atoms with Crippen molar-refractivity contribution in [2.24, 2.45) is 0 Å². The summed E-state index contributed by atoms with van der Waals surface area (Å²) in [7, 11) is 0. The molecular weight excluding hydrogens is 320 g/mol. The van der Waals surface area contributed by atoms with E-state index in [4.69, 9.17) is 4.74 Å². The zero-order chi connectivity index (χ0) is 17.6. The first-order valence-electron chi connectivity index (χ1n) is 8.04. The zero-order valence-corrected chi connectivity index (χ0v) is 13.6. The molecule has 6 heteroatoms. The predicted octanol–water partition coefficient (Wildman–Crippen LogP) is 2.64. The average molecular weight is 338 g/mol. The van der Waals surface area contributed by atoms with Gasteiger partial charge in [0.1, 0.15) is 12.6 Å². The topological polar surface area (TPSA) is 75.7 Å². The quantitative estimate of drug-likeness (QED) is 0.649. The van der Waals surface area contributed by atoms with Gasteiger partial charge in [-0.1, -0.05) is 48.5 Å². The second kappa shape index (κ2) is 7.61. The fourth-order valence-corrected chi connectivity index (χ4v) is 2.62. The summed E-state index contributed by atoms with van der Waals surface area (Å²) in [6.07, 6.45) is 0.272. The average Bonchev–Trinajstić information content (AvgIpc) is 2.93. The van der Waals surface area contributed by atoms with Crippen molar-refractivity contribution >= 4 is 23.6 Å². The molecule has 0 spiro atoms. The van der Waals surface area contributed by atoms with Crippen LogP contribution in [0.1, 0.15) is 18.4 Å². The Morgan fingerprint density at radius 1 is 1.00 bits per heavy atom. The highest BCUT2D eigenvalue weighted by Gasteiger charge is 2.38. The summed E-state index contributed by atoms with van der Waals surface area (Å²) in [6, 6.07) is 16.9. The Hall–Kier alpha value is -3.15. The number of urea groups is 1. The molecule has 3 rings (SSSR count). The lowest BCUT2D eigenvalue weighted by Crippen LogP contribution is -2.31. The maximum absolute atomic E-state index is 12.4. The van der Waals surface area contributed by atoms with Gasteiger partial charge in [0.05, 0.1) is 5.69 Å². The number of carbonyl (C=O) groups excluding carboxylic acids is 3. The van der Waals surface area contributed by atoms with Gasteiger partial charge in [-0.05, 0) is 24.1 Å². The van der Waals surface area contributed by atoms with Gasteiger partial charge < -0.3 is 10.1 Å². The molecule has 1 N–H and O–H groups in total. The van der Waals surface area contributed by atoms with Crippen molar-refractivity contribution in [2.45, 2.75) is 25.5 Å². The number of benzene rings is 2. The highest BCUT2D eigenvalue weighted by molar-refractivity contribution is 6.21. The summed E-state index contributed by atoms with van der Waals surface area (Å²) < 4.78 is 5.18. The molecule has 1 saturated heterocycles. The number of anilines is 1. The highest BCUT2D eigenvalue weighted by atomic mass is 16.5. The molecule has 1 aliphatic rings. The third kappa shape index (κ3) is 4.03. The van der Waals surface area contributed by atoms with E-state index >= 15 is 0 Å². The van der Waals surface area contributed by atoms with Crippen LogP contribution in [0.3, 0.4) is 0 Å². The van der Waals surface area contributed by atoms with Crippen molar-refractivity contribution in [2.75, 3.05) is 4.90 Å². The van der Waals surface area contributed by atoms with Crippen LogP contribution in [0.15, 0.2) is 60.7 Å². The minimum absolute atomic E-state index is 0.0617. The molecule has 1 aliphatic heterocycles.